The Bertz CT molecular complexity index is 733. The number of H-pyrrole nitrogens is 1. The number of imidazole rings is 1. The number of nitrogens with one attached hydrogen (secondary N) is 2. The predicted molar refractivity (Wildman–Crippen MR) is 85.6 cm³/mol. The van der Waals surface area contributed by atoms with Gasteiger partial charge in [-0.2, -0.15) is 0 Å². The molecule has 0 aliphatic rings. The lowest BCUT2D eigenvalue weighted by molar-refractivity contribution is -0.390. The van der Waals surface area contributed by atoms with Gasteiger partial charge in [0, 0.05) is 13.5 Å². The van der Waals surface area contributed by atoms with Crippen LogP contribution in [0.5, 0.6) is 0 Å². The highest BCUT2D eigenvalue weighted by atomic mass is 16.6. The predicted octanol–water partition coefficient (Wildman–Crippen LogP) is 0.947. The molecule has 1 aromatic heterocycles. The van der Waals surface area contributed by atoms with Crippen molar-refractivity contribution in [3.8, 4) is 0 Å². The molecule has 0 fully saturated rings. The van der Waals surface area contributed by atoms with Crippen LogP contribution in [-0.4, -0.2) is 43.8 Å². The minimum absolute atomic E-state index is 0.0509. The maximum absolute atomic E-state index is 11.6. The Balaban J connectivity index is 1.86. The van der Waals surface area contributed by atoms with E-state index in [-0.39, 0.29) is 24.7 Å². The molecule has 0 aliphatic carbocycles. The van der Waals surface area contributed by atoms with E-state index < -0.39 is 29.0 Å². The van der Waals surface area contributed by atoms with E-state index in [1.54, 1.807) is 24.3 Å². The van der Waals surface area contributed by atoms with Gasteiger partial charge in [-0.25, -0.2) is 14.8 Å². The number of aliphatic hydroxyl groups excluding tert-OH is 2. The summed E-state index contributed by atoms with van der Waals surface area (Å²) in [5, 5.41) is 33.1. The maximum atomic E-state index is 11.6. The smallest absolute Gasteiger partial charge is 0.407 e. The van der Waals surface area contributed by atoms with Crippen LogP contribution in [0.3, 0.4) is 0 Å². The number of rotatable bonds is 7. The number of amides is 1. The lowest BCUT2D eigenvalue weighted by Crippen LogP contribution is -2.36. The second-order valence-electron chi connectivity index (χ2n) is 5.27. The average Bonchev–Trinajstić information content (AvgIpc) is 3.00. The summed E-state index contributed by atoms with van der Waals surface area (Å²) in [5.41, 5.74) is 0.496. The van der Waals surface area contributed by atoms with Gasteiger partial charge in [0.15, 0.2) is 11.5 Å². The molecule has 134 valence electrons. The van der Waals surface area contributed by atoms with Gasteiger partial charge in [0.2, 0.25) is 0 Å². The van der Waals surface area contributed by atoms with Crippen LogP contribution >= 0.6 is 0 Å². The van der Waals surface area contributed by atoms with Gasteiger partial charge in [0.25, 0.3) is 0 Å². The lowest BCUT2D eigenvalue weighted by atomic mass is 10.1. The van der Waals surface area contributed by atoms with Gasteiger partial charge in [-0.05, 0) is 10.5 Å². The summed E-state index contributed by atoms with van der Waals surface area (Å²) in [5.74, 6) is -0.279. The first-order chi connectivity index (χ1) is 11.9. The molecule has 10 heteroatoms. The molecule has 4 N–H and O–H groups in total. The first-order valence-electron chi connectivity index (χ1n) is 7.40. The Kier molecular flexibility index (Phi) is 6.03. The van der Waals surface area contributed by atoms with Crippen LogP contribution in [0.15, 0.2) is 30.3 Å². The summed E-state index contributed by atoms with van der Waals surface area (Å²) >= 11 is 0. The SMILES string of the molecule is Cc1nc(C(O)C(O)CNC(=O)OCc2ccccc2)c([N+](=O)[O-])[nH]1. The number of aliphatic hydroxyl groups is 2. The van der Waals surface area contributed by atoms with Gasteiger partial charge in [-0.3, -0.25) is 0 Å². The fourth-order valence-corrected chi connectivity index (χ4v) is 2.10. The van der Waals surface area contributed by atoms with Crippen molar-refractivity contribution in [2.75, 3.05) is 6.54 Å². The maximum Gasteiger partial charge on any atom is 0.407 e. The topological polar surface area (TPSA) is 151 Å². The van der Waals surface area contributed by atoms with Crippen LogP contribution in [0.1, 0.15) is 23.2 Å². The molecule has 0 saturated heterocycles. The number of carbonyl (C=O) groups is 1. The quantitative estimate of drug-likeness (QED) is 0.428. The van der Waals surface area contributed by atoms with Crippen molar-refractivity contribution >= 4 is 11.9 Å². The van der Waals surface area contributed by atoms with E-state index >= 15 is 0 Å². The molecule has 0 spiro atoms. The van der Waals surface area contributed by atoms with Crippen molar-refractivity contribution in [3.63, 3.8) is 0 Å². The summed E-state index contributed by atoms with van der Waals surface area (Å²) in [6.45, 7) is 1.17. The Hall–Kier alpha value is -2.98. The minimum atomic E-state index is -1.64. The van der Waals surface area contributed by atoms with Crippen molar-refractivity contribution < 1.29 is 24.7 Å². The second-order valence-corrected chi connectivity index (χ2v) is 5.27. The van der Waals surface area contributed by atoms with E-state index in [1.807, 2.05) is 6.07 Å². The zero-order valence-corrected chi connectivity index (χ0v) is 13.4. The number of aromatic nitrogens is 2. The molecular formula is C15H18N4O6. The number of ether oxygens (including phenoxy) is 1. The van der Waals surface area contributed by atoms with E-state index in [9.17, 15) is 25.1 Å². The van der Waals surface area contributed by atoms with E-state index in [0.29, 0.717) is 0 Å². The third kappa shape index (κ3) is 4.99. The Morgan fingerprint density at radius 1 is 1.40 bits per heavy atom. The molecule has 1 amide bonds. The zero-order valence-electron chi connectivity index (χ0n) is 13.4. The first kappa shape index (κ1) is 18.4. The van der Waals surface area contributed by atoms with E-state index in [0.717, 1.165) is 5.56 Å². The van der Waals surface area contributed by atoms with Gasteiger partial charge >= 0.3 is 11.9 Å². The standard InChI is InChI=1S/C15H18N4O6/c1-9-17-12(14(18-9)19(23)24)13(21)11(20)7-16-15(22)25-8-10-5-3-2-4-6-10/h2-6,11,13,20-21H,7-8H2,1H3,(H,16,22)(H,17,18). The molecule has 2 unspecified atom stereocenters. The normalized spacial score (nSPS) is 13.1. The number of nitro groups is 1. The van der Waals surface area contributed by atoms with E-state index in [2.05, 4.69) is 15.3 Å². The van der Waals surface area contributed by atoms with Crippen LogP contribution in [0.4, 0.5) is 10.6 Å². The first-order valence-corrected chi connectivity index (χ1v) is 7.40. The summed E-state index contributed by atoms with van der Waals surface area (Å²) in [7, 11) is 0. The lowest BCUT2D eigenvalue weighted by Gasteiger charge is -2.16. The van der Waals surface area contributed by atoms with Gasteiger partial charge in [-0.1, -0.05) is 30.3 Å². The van der Waals surface area contributed by atoms with Crippen LogP contribution in [-0.2, 0) is 11.3 Å². The monoisotopic (exact) mass is 350 g/mol. The van der Waals surface area contributed by atoms with Crippen LogP contribution < -0.4 is 5.32 Å². The molecule has 0 saturated carbocycles. The summed E-state index contributed by atoms with van der Waals surface area (Å²) in [6.07, 6.45) is -3.92. The number of alkyl carbamates (subject to hydrolysis) is 1. The molecule has 0 aliphatic heterocycles. The summed E-state index contributed by atoms with van der Waals surface area (Å²) < 4.78 is 4.96. The molecule has 0 bridgehead atoms. The summed E-state index contributed by atoms with van der Waals surface area (Å²) in [4.78, 5) is 28.0. The fraction of sp³-hybridized carbons (Fsp3) is 0.333. The highest BCUT2D eigenvalue weighted by molar-refractivity contribution is 5.67. The third-order valence-corrected chi connectivity index (χ3v) is 3.33. The zero-order chi connectivity index (χ0) is 18.4. The number of aromatic amines is 1. The Morgan fingerprint density at radius 3 is 2.72 bits per heavy atom. The van der Waals surface area contributed by atoms with Crippen molar-refractivity contribution in [1.29, 1.82) is 0 Å². The van der Waals surface area contributed by atoms with E-state index in [1.165, 1.54) is 6.92 Å². The number of benzene rings is 1. The molecule has 2 atom stereocenters. The molecule has 1 aromatic carbocycles. The number of nitrogens with zero attached hydrogens (tertiary/aromatic N) is 2. The number of hydrogen-bond donors (Lipinski definition) is 4. The summed E-state index contributed by atoms with van der Waals surface area (Å²) in [6, 6.07) is 9.00. The van der Waals surface area contributed by atoms with E-state index in [4.69, 9.17) is 4.74 Å². The highest BCUT2D eigenvalue weighted by Crippen LogP contribution is 2.24. The van der Waals surface area contributed by atoms with Crippen molar-refractivity contribution in [1.82, 2.24) is 15.3 Å². The van der Waals surface area contributed by atoms with Crippen molar-refractivity contribution in [2.24, 2.45) is 0 Å². The Labute approximate surface area is 142 Å². The third-order valence-electron chi connectivity index (χ3n) is 3.33. The van der Waals surface area contributed by atoms with Gasteiger partial charge in [-0.15, -0.1) is 0 Å². The Morgan fingerprint density at radius 2 is 2.08 bits per heavy atom. The second kappa shape index (κ2) is 8.22. The van der Waals surface area contributed by atoms with Crippen LogP contribution in [0.25, 0.3) is 0 Å². The molecule has 1 heterocycles. The van der Waals surface area contributed by atoms with Gasteiger partial charge in [0.1, 0.15) is 18.8 Å². The number of aryl methyl sites for hydroxylation is 1. The molecule has 25 heavy (non-hydrogen) atoms. The highest BCUT2D eigenvalue weighted by Gasteiger charge is 2.30. The van der Waals surface area contributed by atoms with Crippen molar-refractivity contribution in [2.45, 2.75) is 25.7 Å². The largest absolute Gasteiger partial charge is 0.445 e. The van der Waals surface area contributed by atoms with Crippen molar-refractivity contribution in [3.05, 3.63) is 57.5 Å². The molecule has 2 rings (SSSR count). The van der Waals surface area contributed by atoms with Gasteiger partial charge in [0.05, 0.1) is 0 Å². The molecule has 10 nitrogen and oxygen atoms in total. The number of carbonyl (C=O) groups excluding carboxylic acids is 1. The molecular weight excluding hydrogens is 332 g/mol. The van der Waals surface area contributed by atoms with Gasteiger partial charge < -0.3 is 30.4 Å². The molecule has 2 aromatic rings. The molecule has 0 radical (unpaired) electrons. The number of hydrogen-bond acceptors (Lipinski definition) is 7. The van der Waals surface area contributed by atoms with Crippen LogP contribution in [0.2, 0.25) is 0 Å². The van der Waals surface area contributed by atoms with Crippen LogP contribution in [0, 0.1) is 17.0 Å². The average molecular weight is 350 g/mol. The fourth-order valence-electron chi connectivity index (χ4n) is 2.10. The minimum Gasteiger partial charge on any atom is -0.445 e.